The molecule has 0 radical (unpaired) electrons. The first kappa shape index (κ1) is 11.4. The van der Waals surface area contributed by atoms with Crippen LogP contribution in [0.3, 0.4) is 0 Å². The molecule has 80 valence electrons. The maximum Gasteiger partial charge on any atom is 0.227 e. The second-order valence-electron chi connectivity index (χ2n) is 3.07. The average molecular weight is 220 g/mol. The third-order valence-electron chi connectivity index (χ3n) is 2.15. The standard InChI is InChI=1S/C7H12N2O4S/c1-13-7-5-9(4-6(7)10)14(11,12)3-2-8/h6-7,10H,3-5H2,1H3/t6-,7-/m1/s1. The molecule has 0 spiro atoms. The van der Waals surface area contributed by atoms with E-state index < -0.39 is 28.0 Å². The van der Waals surface area contributed by atoms with Gasteiger partial charge in [0.05, 0.1) is 18.3 Å². The van der Waals surface area contributed by atoms with Crippen LogP contribution in [-0.4, -0.2) is 56.0 Å². The van der Waals surface area contributed by atoms with Crippen molar-refractivity contribution in [3.8, 4) is 6.07 Å². The summed E-state index contributed by atoms with van der Waals surface area (Å²) in [5.74, 6) is -0.559. The summed E-state index contributed by atoms with van der Waals surface area (Å²) >= 11 is 0. The molecule has 0 amide bonds. The van der Waals surface area contributed by atoms with Crippen LogP contribution in [0.15, 0.2) is 0 Å². The van der Waals surface area contributed by atoms with E-state index in [4.69, 9.17) is 10.00 Å². The lowest BCUT2D eigenvalue weighted by Crippen LogP contribution is -2.31. The molecule has 1 aliphatic heterocycles. The van der Waals surface area contributed by atoms with Crippen LogP contribution in [0.1, 0.15) is 0 Å². The fourth-order valence-corrected chi connectivity index (χ4v) is 2.45. The zero-order valence-electron chi connectivity index (χ0n) is 7.75. The third-order valence-corrected chi connectivity index (χ3v) is 3.73. The molecular weight excluding hydrogens is 208 g/mol. The summed E-state index contributed by atoms with van der Waals surface area (Å²) in [7, 11) is -2.14. The molecule has 2 atom stereocenters. The second kappa shape index (κ2) is 4.23. The highest BCUT2D eigenvalue weighted by molar-refractivity contribution is 7.89. The Bertz CT molecular complexity index is 334. The summed E-state index contributed by atoms with van der Waals surface area (Å²) in [5, 5.41) is 17.7. The summed E-state index contributed by atoms with van der Waals surface area (Å²) in [6.07, 6.45) is -1.31. The molecule has 1 rings (SSSR count). The first-order valence-corrected chi connectivity index (χ1v) is 5.68. The summed E-state index contributed by atoms with van der Waals surface area (Å²) < 4.78 is 28.7. The van der Waals surface area contributed by atoms with Crippen LogP contribution in [0.5, 0.6) is 0 Å². The van der Waals surface area contributed by atoms with Gasteiger partial charge in [0.15, 0.2) is 5.75 Å². The van der Waals surface area contributed by atoms with Crippen LogP contribution in [0, 0.1) is 11.3 Å². The molecule has 1 saturated heterocycles. The van der Waals surface area contributed by atoms with E-state index in [0.717, 1.165) is 4.31 Å². The van der Waals surface area contributed by atoms with Gasteiger partial charge in [-0.3, -0.25) is 0 Å². The Morgan fingerprint density at radius 3 is 2.71 bits per heavy atom. The van der Waals surface area contributed by atoms with E-state index in [1.165, 1.54) is 7.11 Å². The number of nitriles is 1. The van der Waals surface area contributed by atoms with E-state index in [0.29, 0.717) is 0 Å². The number of aliphatic hydroxyl groups excluding tert-OH is 1. The maximum atomic E-state index is 11.4. The zero-order valence-corrected chi connectivity index (χ0v) is 8.57. The summed E-state index contributed by atoms with van der Waals surface area (Å²) in [5.41, 5.74) is 0. The molecule has 1 N–H and O–H groups in total. The molecule has 0 unspecified atom stereocenters. The molecule has 0 saturated carbocycles. The van der Waals surface area contributed by atoms with Gasteiger partial charge in [0.2, 0.25) is 10.0 Å². The Morgan fingerprint density at radius 2 is 2.29 bits per heavy atom. The Labute approximate surface area is 82.7 Å². The maximum absolute atomic E-state index is 11.4. The SMILES string of the molecule is CO[C@@H]1CN(S(=O)(=O)CC#N)C[C@H]1O. The minimum absolute atomic E-state index is 0.00250. The van der Waals surface area contributed by atoms with Gasteiger partial charge in [0, 0.05) is 20.2 Å². The predicted octanol–water partition coefficient (Wildman–Crippen LogP) is -1.47. The Balaban J connectivity index is 2.71. The molecule has 6 nitrogen and oxygen atoms in total. The van der Waals surface area contributed by atoms with Crippen LogP contribution in [0.2, 0.25) is 0 Å². The van der Waals surface area contributed by atoms with Gasteiger partial charge in [-0.1, -0.05) is 0 Å². The van der Waals surface area contributed by atoms with Gasteiger partial charge < -0.3 is 9.84 Å². The Morgan fingerprint density at radius 1 is 1.64 bits per heavy atom. The number of hydrogen-bond donors (Lipinski definition) is 1. The molecule has 7 heteroatoms. The van der Waals surface area contributed by atoms with Gasteiger partial charge in [-0.05, 0) is 0 Å². The van der Waals surface area contributed by atoms with Crippen molar-refractivity contribution in [3.05, 3.63) is 0 Å². The first-order valence-electron chi connectivity index (χ1n) is 4.07. The summed E-state index contributed by atoms with van der Waals surface area (Å²) in [6, 6.07) is 1.58. The topological polar surface area (TPSA) is 90.6 Å². The van der Waals surface area contributed by atoms with E-state index in [-0.39, 0.29) is 13.1 Å². The number of β-amino-alcohol motifs (C(OH)–C–C–N with tert-alkyl or cyclic N) is 1. The zero-order chi connectivity index (χ0) is 10.8. The molecular formula is C7H12N2O4S. The molecule has 1 aliphatic rings. The van der Waals surface area contributed by atoms with Gasteiger partial charge in [-0.2, -0.15) is 9.57 Å². The largest absolute Gasteiger partial charge is 0.389 e. The molecule has 0 bridgehead atoms. The third kappa shape index (κ3) is 2.22. The number of sulfonamides is 1. The smallest absolute Gasteiger partial charge is 0.227 e. The lowest BCUT2D eigenvalue weighted by molar-refractivity contribution is 0.0216. The van der Waals surface area contributed by atoms with E-state index in [9.17, 15) is 13.5 Å². The average Bonchev–Trinajstić information content (AvgIpc) is 2.47. The molecule has 0 aromatic heterocycles. The van der Waals surface area contributed by atoms with Crippen LogP contribution in [0.25, 0.3) is 0 Å². The van der Waals surface area contributed by atoms with Crippen molar-refractivity contribution in [1.82, 2.24) is 4.31 Å². The summed E-state index contributed by atoms with van der Waals surface area (Å²) in [4.78, 5) is 0. The second-order valence-corrected chi connectivity index (χ2v) is 5.04. The minimum Gasteiger partial charge on any atom is -0.389 e. The highest BCUT2D eigenvalue weighted by atomic mass is 32.2. The van der Waals surface area contributed by atoms with Crippen molar-refractivity contribution in [2.24, 2.45) is 0 Å². The van der Waals surface area contributed by atoms with Crippen molar-refractivity contribution in [1.29, 1.82) is 5.26 Å². The van der Waals surface area contributed by atoms with Gasteiger partial charge >= 0.3 is 0 Å². The molecule has 1 heterocycles. The summed E-state index contributed by atoms with van der Waals surface area (Å²) in [6.45, 7) is 0.115. The van der Waals surface area contributed by atoms with Crippen LogP contribution < -0.4 is 0 Å². The van der Waals surface area contributed by atoms with E-state index in [1.54, 1.807) is 6.07 Å². The fourth-order valence-electron chi connectivity index (χ4n) is 1.35. The molecule has 14 heavy (non-hydrogen) atoms. The lowest BCUT2D eigenvalue weighted by atomic mass is 10.3. The fraction of sp³-hybridized carbons (Fsp3) is 0.857. The van der Waals surface area contributed by atoms with Gasteiger partial charge in [0.25, 0.3) is 0 Å². The van der Waals surface area contributed by atoms with E-state index >= 15 is 0 Å². The molecule has 1 fully saturated rings. The lowest BCUT2D eigenvalue weighted by Gasteiger charge is -2.12. The highest BCUT2D eigenvalue weighted by Gasteiger charge is 2.37. The number of rotatable bonds is 3. The minimum atomic E-state index is -3.55. The van der Waals surface area contributed by atoms with Crippen LogP contribution >= 0.6 is 0 Å². The van der Waals surface area contributed by atoms with Crippen LogP contribution in [-0.2, 0) is 14.8 Å². The number of hydrogen-bond acceptors (Lipinski definition) is 5. The molecule has 0 aliphatic carbocycles. The van der Waals surface area contributed by atoms with Crippen molar-refractivity contribution in [2.75, 3.05) is 26.0 Å². The van der Waals surface area contributed by atoms with Crippen molar-refractivity contribution in [2.45, 2.75) is 12.2 Å². The van der Waals surface area contributed by atoms with Crippen molar-refractivity contribution < 1.29 is 18.3 Å². The van der Waals surface area contributed by atoms with E-state index in [2.05, 4.69) is 0 Å². The monoisotopic (exact) mass is 220 g/mol. The normalized spacial score (nSPS) is 28.9. The van der Waals surface area contributed by atoms with Crippen molar-refractivity contribution >= 4 is 10.0 Å². The number of aliphatic hydroxyl groups is 1. The highest BCUT2D eigenvalue weighted by Crippen LogP contribution is 2.16. The van der Waals surface area contributed by atoms with Gasteiger partial charge in [-0.25, -0.2) is 8.42 Å². The van der Waals surface area contributed by atoms with E-state index in [1.807, 2.05) is 0 Å². The predicted molar refractivity (Wildman–Crippen MR) is 47.8 cm³/mol. The van der Waals surface area contributed by atoms with Gasteiger partial charge in [-0.15, -0.1) is 0 Å². The Hall–Kier alpha value is -0.680. The Kier molecular flexibility index (Phi) is 3.44. The number of nitrogens with zero attached hydrogens (tertiary/aromatic N) is 2. The molecule has 0 aromatic rings. The first-order chi connectivity index (χ1) is 6.51. The quantitative estimate of drug-likeness (QED) is 0.627. The number of methoxy groups -OCH3 is 1. The van der Waals surface area contributed by atoms with Gasteiger partial charge in [0.1, 0.15) is 0 Å². The number of ether oxygens (including phenoxy) is 1. The molecule has 0 aromatic carbocycles. The van der Waals surface area contributed by atoms with Crippen molar-refractivity contribution in [3.63, 3.8) is 0 Å². The van der Waals surface area contributed by atoms with Crippen LogP contribution in [0.4, 0.5) is 0 Å².